The molecule has 1 aromatic rings. The van der Waals surface area contributed by atoms with Gasteiger partial charge in [0.15, 0.2) is 0 Å². The van der Waals surface area contributed by atoms with E-state index >= 15 is 0 Å². The molecule has 0 aliphatic carbocycles. The number of H-pyrrole nitrogens is 1. The van der Waals surface area contributed by atoms with Crippen LogP contribution in [0.2, 0.25) is 0 Å². The molecule has 0 spiro atoms. The van der Waals surface area contributed by atoms with Gasteiger partial charge in [0.05, 0.1) is 12.0 Å². The zero-order valence-electron chi connectivity index (χ0n) is 24.7. The Bertz CT molecular complexity index is 549. The molecule has 0 aliphatic rings. The first-order valence-corrected chi connectivity index (χ1v) is 16.3. The number of rotatable bonds is 26. The average molecular weight is 490 g/mol. The third-order valence-electron chi connectivity index (χ3n) is 8.23. The number of nitrogens with one attached hydrogen (secondary N) is 1. The Labute approximate surface area is 221 Å². The number of hydrogen-bond donors (Lipinski definition) is 1. The van der Waals surface area contributed by atoms with Gasteiger partial charge < -0.3 is 0 Å². The molecule has 2 nitrogen and oxygen atoms in total. The van der Waals surface area contributed by atoms with E-state index in [2.05, 4.69) is 49.6 Å². The minimum Gasteiger partial charge on any atom is -0.247 e. The van der Waals surface area contributed by atoms with Crippen LogP contribution < -0.4 is 4.57 Å². The minimum absolute atomic E-state index is 0.622. The van der Waals surface area contributed by atoms with Crippen molar-refractivity contribution in [1.29, 1.82) is 0 Å². The van der Waals surface area contributed by atoms with E-state index in [4.69, 9.17) is 0 Å². The predicted molar refractivity (Wildman–Crippen MR) is 156 cm³/mol. The first-order chi connectivity index (χ1) is 17.2. The van der Waals surface area contributed by atoms with E-state index in [1.165, 1.54) is 160 Å². The predicted octanol–water partition coefficient (Wildman–Crippen LogP) is 11.4. The van der Waals surface area contributed by atoms with Crippen LogP contribution in [0.5, 0.6) is 0 Å². The highest BCUT2D eigenvalue weighted by Gasteiger charge is 2.24. The normalized spacial score (nSPS) is 13.4. The lowest BCUT2D eigenvalue weighted by Crippen LogP contribution is -2.41. The van der Waals surface area contributed by atoms with Crippen LogP contribution >= 0.6 is 0 Å². The minimum atomic E-state index is 0.622. The standard InChI is InChI=1S/C33H64N2/c1-5-8-10-12-14-16-17-18-19-20-21-23-25-27-31(4)35-30-29-34-33(35)32(7-3)28-26-24-22-15-13-11-9-6-2/h29-32H,5-28H2,1-4H3/p+1. The highest BCUT2D eigenvalue weighted by molar-refractivity contribution is 4.89. The molecule has 206 valence electrons. The number of unbranched alkanes of at least 4 members (excludes halogenated alkanes) is 19. The Kier molecular flexibility index (Phi) is 21.7. The van der Waals surface area contributed by atoms with Crippen molar-refractivity contribution in [3.63, 3.8) is 0 Å². The molecule has 1 N–H and O–H groups in total. The molecule has 0 amide bonds. The van der Waals surface area contributed by atoms with Gasteiger partial charge in [0.1, 0.15) is 12.4 Å². The summed E-state index contributed by atoms with van der Waals surface area (Å²) in [5.74, 6) is 2.18. The zero-order chi connectivity index (χ0) is 25.4. The molecular weight excluding hydrogens is 424 g/mol. The second-order valence-corrected chi connectivity index (χ2v) is 11.5. The lowest BCUT2D eigenvalue weighted by molar-refractivity contribution is -0.727. The monoisotopic (exact) mass is 490 g/mol. The fourth-order valence-electron chi connectivity index (χ4n) is 5.73. The van der Waals surface area contributed by atoms with E-state index in [-0.39, 0.29) is 0 Å². The van der Waals surface area contributed by atoms with Crippen LogP contribution in [0.15, 0.2) is 12.4 Å². The molecule has 0 aromatic carbocycles. The molecular formula is C33H65N2+. The largest absolute Gasteiger partial charge is 0.257 e. The van der Waals surface area contributed by atoms with Gasteiger partial charge in [0.2, 0.25) is 0 Å². The summed E-state index contributed by atoms with van der Waals surface area (Å²) < 4.78 is 2.57. The van der Waals surface area contributed by atoms with Crippen molar-refractivity contribution in [2.45, 2.75) is 194 Å². The van der Waals surface area contributed by atoms with Crippen molar-refractivity contribution in [2.75, 3.05) is 0 Å². The van der Waals surface area contributed by atoms with Crippen molar-refractivity contribution in [1.82, 2.24) is 4.98 Å². The first kappa shape index (κ1) is 32.2. The number of aromatic nitrogens is 2. The lowest BCUT2D eigenvalue weighted by Gasteiger charge is -2.16. The Morgan fingerprint density at radius 3 is 1.40 bits per heavy atom. The van der Waals surface area contributed by atoms with Crippen LogP contribution in [0.3, 0.4) is 0 Å². The van der Waals surface area contributed by atoms with Gasteiger partial charge in [0, 0.05) is 0 Å². The fourth-order valence-corrected chi connectivity index (χ4v) is 5.73. The second-order valence-electron chi connectivity index (χ2n) is 11.5. The highest BCUT2D eigenvalue weighted by Crippen LogP contribution is 2.24. The van der Waals surface area contributed by atoms with E-state index < -0.39 is 0 Å². The van der Waals surface area contributed by atoms with Crippen molar-refractivity contribution >= 4 is 0 Å². The summed E-state index contributed by atoms with van der Waals surface area (Å²) in [5.41, 5.74) is 0. The van der Waals surface area contributed by atoms with Crippen molar-refractivity contribution in [3.05, 3.63) is 18.2 Å². The molecule has 0 bridgehead atoms. The van der Waals surface area contributed by atoms with E-state index in [0.717, 1.165) is 0 Å². The molecule has 2 heteroatoms. The number of aromatic amines is 1. The summed E-state index contributed by atoms with van der Waals surface area (Å²) >= 11 is 0. The number of imidazole rings is 1. The summed E-state index contributed by atoms with van der Waals surface area (Å²) in [6, 6.07) is 0.622. The molecule has 1 heterocycles. The van der Waals surface area contributed by atoms with E-state index in [9.17, 15) is 0 Å². The van der Waals surface area contributed by atoms with Crippen molar-refractivity contribution in [3.8, 4) is 0 Å². The van der Waals surface area contributed by atoms with E-state index in [0.29, 0.717) is 12.0 Å². The van der Waals surface area contributed by atoms with Gasteiger partial charge in [-0.15, -0.1) is 0 Å². The Balaban J connectivity index is 2.13. The van der Waals surface area contributed by atoms with Crippen LogP contribution in [0.25, 0.3) is 0 Å². The fraction of sp³-hybridized carbons (Fsp3) is 0.909. The maximum Gasteiger partial charge on any atom is 0.257 e. The van der Waals surface area contributed by atoms with Crippen LogP contribution in [-0.2, 0) is 0 Å². The second kappa shape index (κ2) is 23.6. The zero-order valence-corrected chi connectivity index (χ0v) is 24.7. The summed E-state index contributed by atoms with van der Waals surface area (Å²) in [6.07, 6.45) is 38.4. The van der Waals surface area contributed by atoms with Crippen molar-refractivity contribution in [2.24, 2.45) is 0 Å². The van der Waals surface area contributed by atoms with Gasteiger partial charge in [-0.05, 0) is 32.6 Å². The quantitative estimate of drug-likeness (QED) is 0.0985. The lowest BCUT2D eigenvalue weighted by atomic mass is 9.96. The topological polar surface area (TPSA) is 19.7 Å². The molecule has 2 atom stereocenters. The SMILES string of the molecule is CCCCCCCCCCCCCCCC(C)[n+]1cc[nH]c1C(CC)CCCCCCCCCC. The first-order valence-electron chi connectivity index (χ1n) is 16.3. The number of hydrogen-bond acceptors (Lipinski definition) is 0. The molecule has 0 radical (unpaired) electrons. The van der Waals surface area contributed by atoms with Gasteiger partial charge in [0.25, 0.3) is 5.82 Å². The number of nitrogens with zero attached hydrogens (tertiary/aromatic N) is 1. The molecule has 2 unspecified atom stereocenters. The maximum absolute atomic E-state index is 3.62. The third kappa shape index (κ3) is 16.6. The highest BCUT2D eigenvalue weighted by atomic mass is 15.1. The van der Waals surface area contributed by atoms with Crippen LogP contribution in [0.1, 0.15) is 200 Å². The molecule has 0 aliphatic heterocycles. The molecule has 1 rings (SSSR count). The van der Waals surface area contributed by atoms with Crippen LogP contribution in [-0.4, -0.2) is 4.98 Å². The average Bonchev–Trinajstić information content (AvgIpc) is 3.36. The van der Waals surface area contributed by atoms with Gasteiger partial charge in [-0.1, -0.05) is 149 Å². The summed E-state index contributed by atoms with van der Waals surface area (Å²) in [6.45, 7) is 9.41. The van der Waals surface area contributed by atoms with Crippen LogP contribution in [0.4, 0.5) is 0 Å². The van der Waals surface area contributed by atoms with Gasteiger partial charge in [-0.25, -0.2) is 9.55 Å². The molecule has 35 heavy (non-hydrogen) atoms. The van der Waals surface area contributed by atoms with E-state index in [1.54, 1.807) is 0 Å². The Morgan fingerprint density at radius 2 is 0.971 bits per heavy atom. The molecule has 1 aromatic heterocycles. The van der Waals surface area contributed by atoms with E-state index in [1.807, 2.05) is 0 Å². The molecule has 0 saturated carbocycles. The summed E-state index contributed by atoms with van der Waals surface area (Å²) in [7, 11) is 0. The summed E-state index contributed by atoms with van der Waals surface area (Å²) in [5, 5.41) is 0. The van der Waals surface area contributed by atoms with Gasteiger partial charge >= 0.3 is 0 Å². The van der Waals surface area contributed by atoms with Crippen molar-refractivity contribution < 1.29 is 4.57 Å². The Hall–Kier alpha value is -0.790. The maximum atomic E-state index is 3.62. The van der Waals surface area contributed by atoms with Gasteiger partial charge in [-0.2, -0.15) is 0 Å². The third-order valence-corrected chi connectivity index (χ3v) is 8.23. The Morgan fingerprint density at radius 1 is 0.571 bits per heavy atom. The van der Waals surface area contributed by atoms with Crippen LogP contribution in [0, 0.1) is 0 Å². The molecule has 0 saturated heterocycles. The van der Waals surface area contributed by atoms with Gasteiger partial charge in [-0.3, -0.25) is 0 Å². The summed E-state index contributed by atoms with van der Waals surface area (Å²) in [4.78, 5) is 3.62. The molecule has 0 fully saturated rings. The smallest absolute Gasteiger partial charge is 0.247 e.